The average molecular weight is 416 g/mol. The molecule has 1 aliphatic rings. The van der Waals surface area contributed by atoms with Crippen LogP contribution in [-0.4, -0.2) is 57.8 Å². The quantitative estimate of drug-likeness (QED) is 0.717. The van der Waals surface area contributed by atoms with Gasteiger partial charge in [-0.15, -0.1) is 11.3 Å². The number of hydrogen-bond donors (Lipinski definition) is 2. The highest BCUT2D eigenvalue weighted by atomic mass is 32.1. The number of likely N-dealkylation sites (tertiary alicyclic amines) is 1. The number of nitrogens with zero attached hydrogens (tertiary/aromatic N) is 2. The number of amides is 2. The minimum atomic E-state index is -0.716. The molecule has 1 aromatic carbocycles. The zero-order chi connectivity index (χ0) is 21.0. The summed E-state index contributed by atoms with van der Waals surface area (Å²) in [6.07, 6.45) is 0.391. The molecule has 0 saturated carbocycles. The van der Waals surface area contributed by atoms with Crippen LogP contribution in [0.2, 0.25) is 0 Å². The highest BCUT2D eigenvalue weighted by Gasteiger charge is 2.38. The molecule has 7 nitrogen and oxygen atoms in total. The summed E-state index contributed by atoms with van der Waals surface area (Å²) in [6, 6.07) is 7.44. The van der Waals surface area contributed by atoms with Crippen LogP contribution in [0, 0.1) is 6.92 Å². The number of nitrogens with one attached hydrogen (secondary N) is 1. The topological polar surface area (TPSA) is 99.6 Å². The number of carbonyl (C=O) groups is 3. The van der Waals surface area contributed by atoms with Gasteiger partial charge in [0.2, 0.25) is 11.8 Å². The van der Waals surface area contributed by atoms with E-state index in [4.69, 9.17) is 0 Å². The number of ketones is 1. The lowest BCUT2D eigenvalue weighted by atomic mass is 10.00. The van der Waals surface area contributed by atoms with Crippen LogP contribution in [0.15, 0.2) is 29.8 Å². The van der Waals surface area contributed by atoms with Crippen LogP contribution < -0.4 is 5.32 Å². The predicted molar refractivity (Wildman–Crippen MR) is 110 cm³/mol. The number of aliphatic hydroxyl groups excluding tert-OH is 1. The zero-order valence-corrected chi connectivity index (χ0v) is 17.4. The molecule has 154 valence electrons. The van der Waals surface area contributed by atoms with Crippen LogP contribution >= 0.6 is 11.3 Å². The summed E-state index contributed by atoms with van der Waals surface area (Å²) in [6.45, 7) is 3.27. The Kier molecular flexibility index (Phi) is 6.76. The molecule has 0 radical (unpaired) electrons. The maximum atomic E-state index is 12.7. The Morgan fingerprint density at radius 3 is 2.62 bits per heavy atom. The van der Waals surface area contributed by atoms with Crippen molar-refractivity contribution in [3.8, 4) is 10.4 Å². The number of Topliss-reactive ketones (excluding diaryl/α,β-unsaturated/α-hetero) is 1. The van der Waals surface area contributed by atoms with Gasteiger partial charge in [-0.3, -0.25) is 14.4 Å². The number of rotatable bonds is 7. The van der Waals surface area contributed by atoms with Crippen LogP contribution in [-0.2, 0) is 20.8 Å². The molecule has 2 amide bonds. The van der Waals surface area contributed by atoms with Gasteiger partial charge < -0.3 is 15.3 Å². The molecule has 0 unspecified atom stereocenters. The maximum absolute atomic E-state index is 12.7. The van der Waals surface area contributed by atoms with E-state index in [9.17, 15) is 19.5 Å². The standard InChI is InChI=1S/C21H25N3O4S/c1-13-21(29-12-23-13)16-6-3-15(4-7-16)5-8-19(27)18-9-17(26)11-24(18)20(28)10-22-14(2)25/h3-4,6-7,12,17-18,26H,5,8-11H2,1-2H3,(H,22,25)/t17-,18+/m1/s1. The number of benzene rings is 1. The molecule has 0 spiro atoms. The van der Waals surface area contributed by atoms with Crippen molar-refractivity contribution in [2.24, 2.45) is 0 Å². The van der Waals surface area contributed by atoms with E-state index in [1.807, 2.05) is 36.7 Å². The van der Waals surface area contributed by atoms with Crippen molar-refractivity contribution in [2.75, 3.05) is 13.1 Å². The van der Waals surface area contributed by atoms with Gasteiger partial charge in [0.1, 0.15) is 0 Å². The van der Waals surface area contributed by atoms with E-state index in [1.165, 1.54) is 11.8 Å². The van der Waals surface area contributed by atoms with Gasteiger partial charge >= 0.3 is 0 Å². The van der Waals surface area contributed by atoms with Crippen molar-refractivity contribution in [1.82, 2.24) is 15.2 Å². The van der Waals surface area contributed by atoms with E-state index in [2.05, 4.69) is 10.3 Å². The van der Waals surface area contributed by atoms with Gasteiger partial charge in [-0.05, 0) is 24.5 Å². The van der Waals surface area contributed by atoms with E-state index in [1.54, 1.807) is 11.3 Å². The maximum Gasteiger partial charge on any atom is 0.242 e. The highest BCUT2D eigenvalue weighted by molar-refractivity contribution is 7.13. The van der Waals surface area contributed by atoms with E-state index in [-0.39, 0.29) is 37.1 Å². The van der Waals surface area contributed by atoms with Crippen molar-refractivity contribution >= 4 is 28.9 Å². The molecule has 8 heteroatoms. The molecule has 1 aromatic heterocycles. The molecule has 1 aliphatic heterocycles. The monoisotopic (exact) mass is 415 g/mol. The Bertz CT molecular complexity index is 894. The molecule has 1 fully saturated rings. The number of aliphatic hydroxyl groups is 1. The predicted octanol–water partition coefficient (Wildman–Crippen LogP) is 1.72. The summed E-state index contributed by atoms with van der Waals surface area (Å²) in [5.74, 6) is -0.725. The highest BCUT2D eigenvalue weighted by Crippen LogP contribution is 2.27. The minimum absolute atomic E-state index is 0.0693. The largest absolute Gasteiger partial charge is 0.391 e. The van der Waals surface area contributed by atoms with Crippen LogP contribution in [0.3, 0.4) is 0 Å². The fourth-order valence-electron chi connectivity index (χ4n) is 3.53. The molecule has 0 bridgehead atoms. The molecule has 0 aliphatic carbocycles. The molecular weight excluding hydrogens is 390 g/mol. The van der Waals surface area contributed by atoms with E-state index in [0.29, 0.717) is 12.8 Å². The second kappa shape index (κ2) is 9.28. The van der Waals surface area contributed by atoms with Crippen LogP contribution in [0.1, 0.15) is 31.0 Å². The SMILES string of the molecule is CC(=O)NCC(=O)N1C[C@H](O)C[C@H]1C(=O)CCc1ccc(-c2scnc2C)cc1. The molecule has 1 saturated heterocycles. The number of β-amino-alcohol motifs (C(OH)–C–C–N with tert-alkyl or cyclic N) is 1. The second-order valence-corrected chi connectivity index (χ2v) is 8.15. The first-order valence-electron chi connectivity index (χ1n) is 9.59. The van der Waals surface area contributed by atoms with Gasteiger partial charge in [0.15, 0.2) is 5.78 Å². The fourth-order valence-corrected chi connectivity index (χ4v) is 4.34. The molecular formula is C21H25N3O4S. The van der Waals surface area contributed by atoms with Gasteiger partial charge in [0, 0.05) is 26.3 Å². The van der Waals surface area contributed by atoms with Crippen molar-refractivity contribution < 1.29 is 19.5 Å². The fraction of sp³-hybridized carbons (Fsp3) is 0.429. The summed E-state index contributed by atoms with van der Waals surface area (Å²) in [5, 5.41) is 12.4. The van der Waals surface area contributed by atoms with E-state index in [0.717, 1.165) is 21.7 Å². The summed E-state index contributed by atoms with van der Waals surface area (Å²) >= 11 is 1.60. The van der Waals surface area contributed by atoms with Crippen molar-refractivity contribution in [3.05, 3.63) is 41.0 Å². The van der Waals surface area contributed by atoms with E-state index < -0.39 is 12.1 Å². The molecule has 2 atom stereocenters. The first kappa shape index (κ1) is 21.1. The lowest BCUT2D eigenvalue weighted by Gasteiger charge is -2.23. The van der Waals surface area contributed by atoms with Crippen LogP contribution in [0.5, 0.6) is 0 Å². The first-order valence-corrected chi connectivity index (χ1v) is 10.5. The Morgan fingerprint density at radius 1 is 1.28 bits per heavy atom. The summed E-state index contributed by atoms with van der Waals surface area (Å²) in [4.78, 5) is 42.8. The van der Waals surface area contributed by atoms with Gasteiger partial charge in [0.25, 0.3) is 0 Å². The van der Waals surface area contributed by atoms with Crippen molar-refractivity contribution in [2.45, 2.75) is 45.3 Å². The van der Waals surface area contributed by atoms with Gasteiger partial charge in [-0.25, -0.2) is 4.98 Å². The Hall–Kier alpha value is -2.58. The molecule has 3 rings (SSSR count). The first-order chi connectivity index (χ1) is 13.8. The third kappa shape index (κ3) is 5.27. The van der Waals surface area contributed by atoms with Crippen molar-refractivity contribution in [3.63, 3.8) is 0 Å². The number of hydrogen-bond acceptors (Lipinski definition) is 6. The lowest BCUT2D eigenvalue weighted by Crippen LogP contribution is -2.45. The second-order valence-electron chi connectivity index (χ2n) is 7.29. The van der Waals surface area contributed by atoms with E-state index >= 15 is 0 Å². The number of aryl methyl sites for hydroxylation is 2. The Labute approximate surface area is 173 Å². The van der Waals surface area contributed by atoms with Gasteiger partial charge in [-0.1, -0.05) is 24.3 Å². The molecule has 2 heterocycles. The summed E-state index contributed by atoms with van der Waals surface area (Å²) in [5.41, 5.74) is 4.97. The third-order valence-electron chi connectivity index (χ3n) is 5.08. The Balaban J connectivity index is 1.58. The number of carbonyl (C=O) groups excluding carboxylic acids is 3. The van der Waals surface area contributed by atoms with Gasteiger partial charge in [-0.2, -0.15) is 0 Å². The van der Waals surface area contributed by atoms with Crippen LogP contribution in [0.4, 0.5) is 0 Å². The summed E-state index contributed by atoms with van der Waals surface area (Å²) < 4.78 is 0. The number of thiazole rings is 1. The Morgan fingerprint density at radius 2 is 2.00 bits per heavy atom. The van der Waals surface area contributed by atoms with Crippen LogP contribution in [0.25, 0.3) is 10.4 Å². The molecule has 29 heavy (non-hydrogen) atoms. The average Bonchev–Trinajstić information content (AvgIpc) is 3.30. The smallest absolute Gasteiger partial charge is 0.242 e. The zero-order valence-electron chi connectivity index (χ0n) is 16.6. The van der Waals surface area contributed by atoms with Crippen molar-refractivity contribution in [1.29, 1.82) is 0 Å². The lowest BCUT2D eigenvalue weighted by molar-refractivity contribution is -0.137. The normalized spacial score (nSPS) is 18.7. The summed E-state index contributed by atoms with van der Waals surface area (Å²) in [7, 11) is 0. The number of aromatic nitrogens is 1. The minimum Gasteiger partial charge on any atom is -0.391 e. The third-order valence-corrected chi connectivity index (χ3v) is 6.06. The van der Waals surface area contributed by atoms with Gasteiger partial charge in [0.05, 0.1) is 34.8 Å². The molecule has 2 N–H and O–H groups in total. The molecule has 2 aromatic rings.